The maximum Gasteiger partial charge on any atom is 0.319 e. The van der Waals surface area contributed by atoms with Crippen LogP contribution in [0.5, 0.6) is 0 Å². The highest BCUT2D eigenvalue weighted by atomic mass is 19.1. The monoisotopic (exact) mass is 291 g/mol. The molecule has 2 amide bonds. The fraction of sp³-hybridized carbons (Fsp3) is 0.133. The number of carbonyl (C=O) groups excluding carboxylic acids is 1. The van der Waals surface area contributed by atoms with Crippen LogP contribution in [0.3, 0.4) is 0 Å². The van der Waals surface area contributed by atoms with Gasteiger partial charge in [-0.05, 0) is 23.8 Å². The lowest BCUT2D eigenvalue weighted by Gasteiger charge is -2.09. The lowest BCUT2D eigenvalue weighted by molar-refractivity contribution is 0.251. The summed E-state index contributed by atoms with van der Waals surface area (Å²) in [7, 11) is 0. The van der Waals surface area contributed by atoms with Crippen molar-refractivity contribution in [2.45, 2.75) is 13.1 Å². The molecular weight excluding hydrogens is 276 g/mol. The molecule has 0 spiro atoms. The van der Waals surface area contributed by atoms with E-state index in [2.05, 4.69) is 10.6 Å². The van der Waals surface area contributed by atoms with Crippen molar-refractivity contribution in [3.63, 3.8) is 0 Å². The molecule has 0 bridgehead atoms. The van der Waals surface area contributed by atoms with Gasteiger partial charge in [0.15, 0.2) is 0 Å². The molecule has 0 saturated heterocycles. The van der Waals surface area contributed by atoms with Crippen molar-refractivity contribution in [2.24, 2.45) is 5.73 Å². The van der Waals surface area contributed by atoms with Crippen LogP contribution in [0.25, 0.3) is 0 Å². The number of anilines is 1. The Kier molecular flexibility index (Phi) is 4.84. The molecule has 4 nitrogen and oxygen atoms in total. The molecule has 2 aromatic carbocycles. The highest BCUT2D eigenvalue weighted by Gasteiger charge is 2.06. The van der Waals surface area contributed by atoms with Crippen LogP contribution < -0.4 is 16.4 Å². The molecule has 0 aliphatic rings. The first kappa shape index (κ1) is 14.9. The Bertz CT molecular complexity index is 629. The minimum absolute atomic E-state index is 0.0289. The summed E-state index contributed by atoms with van der Waals surface area (Å²) in [5.41, 5.74) is 7.24. The van der Waals surface area contributed by atoms with Crippen molar-refractivity contribution in [1.82, 2.24) is 5.32 Å². The van der Waals surface area contributed by atoms with E-state index in [1.165, 1.54) is 6.07 Å². The SMILES string of the molecule is NCc1ccc(NC(=O)NCc2ccc(F)cc2F)cc1. The Hall–Kier alpha value is -2.47. The van der Waals surface area contributed by atoms with E-state index in [9.17, 15) is 13.6 Å². The number of nitrogens with one attached hydrogen (secondary N) is 2. The van der Waals surface area contributed by atoms with Gasteiger partial charge in [-0.2, -0.15) is 0 Å². The van der Waals surface area contributed by atoms with Crippen LogP contribution in [-0.2, 0) is 13.1 Å². The highest BCUT2D eigenvalue weighted by molar-refractivity contribution is 5.89. The van der Waals surface area contributed by atoms with Crippen molar-refractivity contribution >= 4 is 11.7 Å². The number of halogens is 2. The zero-order valence-corrected chi connectivity index (χ0v) is 11.2. The fourth-order valence-corrected chi connectivity index (χ4v) is 1.74. The number of amides is 2. The highest BCUT2D eigenvalue weighted by Crippen LogP contribution is 2.10. The molecule has 0 heterocycles. The van der Waals surface area contributed by atoms with Gasteiger partial charge in [0.2, 0.25) is 0 Å². The first-order chi connectivity index (χ1) is 10.1. The van der Waals surface area contributed by atoms with Crippen LogP contribution in [0.1, 0.15) is 11.1 Å². The van der Waals surface area contributed by atoms with Crippen molar-refractivity contribution in [3.05, 3.63) is 65.2 Å². The molecule has 110 valence electrons. The minimum atomic E-state index is -0.692. The number of benzene rings is 2. The van der Waals surface area contributed by atoms with E-state index in [1.807, 2.05) is 0 Å². The molecule has 0 saturated carbocycles. The summed E-state index contributed by atoms with van der Waals surface area (Å²) in [6.45, 7) is 0.398. The summed E-state index contributed by atoms with van der Waals surface area (Å²) in [4.78, 5) is 11.7. The van der Waals surface area contributed by atoms with Gasteiger partial charge < -0.3 is 16.4 Å². The van der Waals surface area contributed by atoms with Crippen LogP contribution in [0, 0.1) is 11.6 Å². The Morgan fingerprint density at radius 1 is 1.10 bits per heavy atom. The second-order valence-electron chi connectivity index (χ2n) is 4.44. The summed E-state index contributed by atoms with van der Waals surface area (Å²) in [6, 6.07) is 9.79. The van der Waals surface area contributed by atoms with E-state index in [1.54, 1.807) is 24.3 Å². The van der Waals surface area contributed by atoms with E-state index in [4.69, 9.17) is 5.73 Å². The van der Waals surface area contributed by atoms with Gasteiger partial charge in [0.25, 0.3) is 0 Å². The van der Waals surface area contributed by atoms with Gasteiger partial charge in [0.05, 0.1) is 0 Å². The quantitative estimate of drug-likeness (QED) is 0.811. The van der Waals surface area contributed by atoms with Crippen molar-refractivity contribution in [3.8, 4) is 0 Å². The molecular formula is C15H15F2N3O. The fourth-order valence-electron chi connectivity index (χ4n) is 1.74. The Balaban J connectivity index is 1.89. The standard InChI is InChI=1S/C15H15F2N3O/c16-12-4-3-11(14(17)7-12)9-19-15(21)20-13-5-1-10(8-18)2-6-13/h1-7H,8-9,18H2,(H2,19,20,21). The molecule has 0 aliphatic heterocycles. The molecule has 0 aliphatic carbocycles. The number of nitrogens with two attached hydrogens (primary N) is 1. The predicted molar refractivity (Wildman–Crippen MR) is 76.5 cm³/mol. The summed E-state index contributed by atoms with van der Waals surface area (Å²) < 4.78 is 26.1. The van der Waals surface area contributed by atoms with Gasteiger partial charge in [-0.3, -0.25) is 0 Å². The first-order valence-electron chi connectivity index (χ1n) is 6.36. The second kappa shape index (κ2) is 6.81. The zero-order valence-electron chi connectivity index (χ0n) is 11.2. The Morgan fingerprint density at radius 3 is 2.43 bits per heavy atom. The van der Waals surface area contributed by atoms with Crippen LogP contribution in [0.15, 0.2) is 42.5 Å². The topological polar surface area (TPSA) is 67.1 Å². The van der Waals surface area contributed by atoms with Gasteiger partial charge in [-0.1, -0.05) is 18.2 Å². The largest absolute Gasteiger partial charge is 0.334 e. The van der Waals surface area contributed by atoms with Crippen LogP contribution in [0.2, 0.25) is 0 Å². The zero-order chi connectivity index (χ0) is 15.2. The van der Waals surface area contributed by atoms with E-state index < -0.39 is 17.7 Å². The minimum Gasteiger partial charge on any atom is -0.334 e. The number of rotatable bonds is 4. The normalized spacial score (nSPS) is 10.2. The predicted octanol–water partition coefficient (Wildman–Crippen LogP) is 2.75. The summed E-state index contributed by atoms with van der Waals surface area (Å²) in [6.07, 6.45) is 0. The van der Waals surface area contributed by atoms with Crippen LogP contribution in [0.4, 0.5) is 19.3 Å². The molecule has 0 aromatic heterocycles. The molecule has 2 aromatic rings. The third-order valence-electron chi connectivity index (χ3n) is 2.90. The van der Waals surface area contributed by atoms with E-state index >= 15 is 0 Å². The number of hydrogen-bond acceptors (Lipinski definition) is 2. The van der Waals surface area contributed by atoms with Crippen molar-refractivity contribution in [2.75, 3.05) is 5.32 Å². The molecule has 21 heavy (non-hydrogen) atoms. The third-order valence-corrected chi connectivity index (χ3v) is 2.90. The lowest BCUT2D eigenvalue weighted by Crippen LogP contribution is -2.28. The Labute approximate surface area is 121 Å². The molecule has 0 radical (unpaired) electrons. The van der Waals surface area contributed by atoms with Crippen LogP contribution in [-0.4, -0.2) is 6.03 Å². The van der Waals surface area contributed by atoms with Gasteiger partial charge >= 0.3 is 6.03 Å². The number of hydrogen-bond donors (Lipinski definition) is 3. The molecule has 4 N–H and O–H groups in total. The second-order valence-corrected chi connectivity index (χ2v) is 4.44. The summed E-state index contributed by atoms with van der Waals surface area (Å²) in [5.74, 6) is -1.34. The first-order valence-corrected chi connectivity index (χ1v) is 6.36. The molecule has 6 heteroatoms. The van der Waals surface area contributed by atoms with Gasteiger partial charge in [0.1, 0.15) is 11.6 Å². The average molecular weight is 291 g/mol. The van der Waals surface area contributed by atoms with Gasteiger partial charge in [-0.15, -0.1) is 0 Å². The number of carbonyl (C=O) groups is 1. The maximum atomic E-state index is 13.4. The molecule has 2 rings (SSSR count). The molecule has 0 fully saturated rings. The number of urea groups is 1. The third kappa shape index (κ3) is 4.25. The van der Waals surface area contributed by atoms with E-state index in [0.29, 0.717) is 12.2 Å². The summed E-state index contributed by atoms with van der Waals surface area (Å²) >= 11 is 0. The van der Waals surface area contributed by atoms with Crippen LogP contribution >= 0.6 is 0 Å². The lowest BCUT2D eigenvalue weighted by atomic mass is 10.2. The van der Waals surface area contributed by atoms with Crippen molar-refractivity contribution in [1.29, 1.82) is 0 Å². The summed E-state index contributed by atoms with van der Waals surface area (Å²) in [5, 5.41) is 5.11. The average Bonchev–Trinajstić information content (AvgIpc) is 2.47. The van der Waals surface area contributed by atoms with Gasteiger partial charge in [0, 0.05) is 30.4 Å². The van der Waals surface area contributed by atoms with E-state index in [-0.39, 0.29) is 12.1 Å². The van der Waals surface area contributed by atoms with Gasteiger partial charge in [-0.25, -0.2) is 13.6 Å². The molecule has 0 unspecified atom stereocenters. The van der Waals surface area contributed by atoms with Crippen molar-refractivity contribution < 1.29 is 13.6 Å². The maximum absolute atomic E-state index is 13.4. The van der Waals surface area contributed by atoms with E-state index in [0.717, 1.165) is 17.7 Å². The Morgan fingerprint density at radius 2 is 1.81 bits per heavy atom. The smallest absolute Gasteiger partial charge is 0.319 e. The molecule has 0 atom stereocenters.